The second-order valence-corrected chi connectivity index (χ2v) is 22.8. The molecule has 0 aliphatic heterocycles. The zero-order valence-corrected chi connectivity index (χ0v) is 58.5. The number of nitrogens with two attached hydrogens (primary N) is 2. The number of aromatic nitrogens is 3. The van der Waals surface area contributed by atoms with Crippen molar-refractivity contribution in [2.75, 3.05) is 52.1 Å². The van der Waals surface area contributed by atoms with Gasteiger partial charge in [-0.2, -0.15) is 19.3 Å². The Morgan fingerprint density at radius 3 is 1.38 bits per heavy atom. The van der Waals surface area contributed by atoms with Gasteiger partial charge in [-0.3, -0.25) is 23.5 Å². The van der Waals surface area contributed by atoms with Gasteiger partial charge in [0.1, 0.15) is 43.0 Å². The molecule has 0 unspecified atom stereocenters. The molecular formula is C37H31N12Na5O21S7. The van der Waals surface area contributed by atoms with Crippen LogP contribution in [-0.2, 0) is 76.4 Å². The maximum atomic E-state index is 12.9. The van der Waals surface area contributed by atoms with E-state index in [2.05, 4.69) is 79.5 Å². The average molecular weight is 1320 g/mol. The van der Waals surface area contributed by atoms with Crippen molar-refractivity contribution in [3.63, 3.8) is 0 Å². The van der Waals surface area contributed by atoms with E-state index in [9.17, 15) is 58.5 Å². The van der Waals surface area contributed by atoms with Crippen LogP contribution in [0.25, 0.3) is 0 Å². The molecule has 0 aliphatic carbocycles. The third kappa shape index (κ3) is 24.0. The Balaban J connectivity index is 0.00000672. The van der Waals surface area contributed by atoms with Gasteiger partial charge in [-0.25, -0.2) is 33.7 Å². The van der Waals surface area contributed by atoms with E-state index in [0.29, 0.717) is 18.1 Å². The van der Waals surface area contributed by atoms with Crippen molar-refractivity contribution >= 4 is 146 Å². The molecule has 0 fully saturated rings. The Labute approximate surface area is 589 Å². The molecule has 0 saturated heterocycles. The second kappa shape index (κ2) is 37.5. The molecule has 412 valence electrons. The van der Waals surface area contributed by atoms with Crippen LogP contribution in [0.3, 0.4) is 0 Å². The smallest absolute Gasteiger partial charge is 0.744 e. The van der Waals surface area contributed by atoms with E-state index in [-0.39, 0.29) is 241 Å². The Kier molecular flexibility index (Phi) is 35.9. The van der Waals surface area contributed by atoms with Crippen LogP contribution < -0.4 is 191 Å². The van der Waals surface area contributed by atoms with Crippen LogP contribution >= 0.6 is 36.7 Å². The fourth-order valence-corrected chi connectivity index (χ4v) is 10.4. The largest absolute Gasteiger partial charge is 1.00 e. The predicted molar refractivity (Wildman–Crippen MR) is 259 cm³/mol. The van der Waals surface area contributed by atoms with Crippen molar-refractivity contribution in [3.05, 3.63) is 97.1 Å². The van der Waals surface area contributed by atoms with E-state index in [4.69, 9.17) is 19.8 Å². The van der Waals surface area contributed by atoms with Gasteiger partial charge in [0.05, 0.1) is 72.6 Å². The SMILES string of the molecule is Nc1c(N=Nc2ccccc2S(=O)(=O)[O-])cc(S(=O)(=O)[O-])c(N)c1N=Nc1cc(Nc2nc(Nc3ccc(S(=O)(=O)CCOSOO[O-])cc3)nc(Nc3ccc(S(=O)(=O)CCOSOO[O-])cc3)n2)ccc1SOO[O-].[Na+].[Na+].[Na+].[Na+].[Na+]. The number of nitrogen functional groups attached to an aromatic ring is 2. The van der Waals surface area contributed by atoms with Crippen molar-refractivity contribution in [1.29, 1.82) is 0 Å². The van der Waals surface area contributed by atoms with Gasteiger partial charge >= 0.3 is 148 Å². The van der Waals surface area contributed by atoms with Crippen molar-refractivity contribution < 1.29 is 243 Å². The van der Waals surface area contributed by atoms with Gasteiger partial charge < -0.3 is 52.3 Å². The molecule has 0 aliphatic rings. The van der Waals surface area contributed by atoms with Crippen LogP contribution in [0.1, 0.15) is 0 Å². The number of anilines is 8. The molecule has 7 N–H and O–H groups in total. The molecule has 1 heterocycles. The zero-order valence-electron chi connectivity index (χ0n) is 42.8. The Morgan fingerprint density at radius 1 is 0.488 bits per heavy atom. The third-order valence-corrected chi connectivity index (χ3v) is 15.8. The van der Waals surface area contributed by atoms with E-state index in [1.54, 1.807) is 0 Å². The average Bonchev–Trinajstić information content (AvgIpc) is 3.37. The number of nitrogens with one attached hydrogen (secondary N) is 3. The fraction of sp³-hybridized carbons (Fsp3) is 0.108. The van der Waals surface area contributed by atoms with Crippen LogP contribution in [0.2, 0.25) is 0 Å². The maximum Gasteiger partial charge on any atom is 1.00 e. The minimum Gasteiger partial charge on any atom is -0.744 e. The van der Waals surface area contributed by atoms with Gasteiger partial charge in [0, 0.05) is 17.1 Å². The van der Waals surface area contributed by atoms with Gasteiger partial charge in [-0.05, 0) is 84.9 Å². The number of sulfone groups is 2. The second-order valence-electron chi connectivity index (χ2n) is 14.2. The van der Waals surface area contributed by atoms with E-state index in [1.807, 2.05) is 0 Å². The van der Waals surface area contributed by atoms with Gasteiger partial charge in [0.15, 0.2) is 44.3 Å². The molecule has 0 atom stereocenters. The summed E-state index contributed by atoms with van der Waals surface area (Å²) in [5.74, 6) is -1.57. The van der Waals surface area contributed by atoms with E-state index >= 15 is 0 Å². The summed E-state index contributed by atoms with van der Waals surface area (Å²) in [6.45, 7) is -0.740. The van der Waals surface area contributed by atoms with Crippen LogP contribution in [0.5, 0.6) is 0 Å². The van der Waals surface area contributed by atoms with Gasteiger partial charge in [-0.1, -0.05) is 12.1 Å². The standard InChI is InChI=1S/C37H36N12O21S7.5Na/c38-32-28(48-46-26-3-1-2-4-30(26)76(57,58)59)20-31(77(60,61)62)33(39)34(32)49-47-27-19-23(9-14-29(27)71-68-65-50)42-37-44-35(40-21-5-10-24(11-6-21)74(53,54)17-15-63-72-69-66-51)43-36(45-37)41-22-7-12-25(13-8-22)75(55,56)18-16-64-73-70-67-52;;;;;/h1-14,19-20,50-52H,15-18,38-39H2,(H,57,58,59)(H,60,61,62)(H3,40,41,42,43,44,45);;;;;/q;5*+1/p-5. The first-order valence-electron chi connectivity index (χ1n) is 20.2. The summed E-state index contributed by atoms with van der Waals surface area (Å²) in [4.78, 5) is 11.0. The summed E-state index contributed by atoms with van der Waals surface area (Å²) in [6.07, 6.45) is 0. The number of benzene rings is 5. The Hall–Kier alpha value is -1.36. The number of rotatable bonds is 29. The molecule has 82 heavy (non-hydrogen) atoms. The molecule has 0 bridgehead atoms. The molecule has 1 aromatic heterocycles. The summed E-state index contributed by atoms with van der Waals surface area (Å²) in [5, 5.41) is 64.7. The molecule has 6 rings (SSSR count). The number of azo groups is 2. The topological polar surface area (TPSA) is 502 Å². The van der Waals surface area contributed by atoms with Crippen molar-refractivity contribution in [2.24, 2.45) is 20.5 Å². The molecule has 6 aromatic rings. The van der Waals surface area contributed by atoms with Crippen molar-refractivity contribution in [1.82, 2.24) is 15.0 Å². The zero-order chi connectivity index (χ0) is 55.8. The van der Waals surface area contributed by atoms with E-state index < -0.39 is 89.6 Å². The molecule has 0 radical (unpaired) electrons. The minimum absolute atomic E-state index is 0. The molecule has 0 amide bonds. The summed E-state index contributed by atoms with van der Waals surface area (Å²) in [6, 6.07) is 19.8. The Morgan fingerprint density at radius 2 is 0.915 bits per heavy atom. The normalized spacial score (nSPS) is 11.6. The van der Waals surface area contributed by atoms with Crippen molar-refractivity contribution in [2.45, 2.75) is 24.5 Å². The number of nitrogens with zero attached hydrogens (tertiary/aromatic N) is 7. The molecular weight excluding hydrogens is 1290 g/mol. The van der Waals surface area contributed by atoms with Gasteiger partial charge in [0.25, 0.3) is 0 Å². The van der Waals surface area contributed by atoms with Crippen LogP contribution in [0, 0.1) is 0 Å². The first-order valence-corrected chi connectivity index (χ1v) is 28.4. The van der Waals surface area contributed by atoms with E-state index in [1.165, 1.54) is 78.9 Å². The number of hydrogen-bond acceptors (Lipinski definition) is 36. The summed E-state index contributed by atoms with van der Waals surface area (Å²) >= 11 is 0.609. The Bertz CT molecular complexity index is 3480. The van der Waals surface area contributed by atoms with Crippen LogP contribution in [0.15, 0.2) is 142 Å². The third-order valence-electron chi connectivity index (χ3n) is 9.27. The molecule has 0 saturated carbocycles. The van der Waals surface area contributed by atoms with Crippen LogP contribution in [-0.4, -0.2) is 82.4 Å². The van der Waals surface area contributed by atoms with Gasteiger partial charge in [-0.15, -0.1) is 29.1 Å². The first-order chi connectivity index (χ1) is 36.6. The summed E-state index contributed by atoms with van der Waals surface area (Å²) < 4.78 is 146. The molecule has 45 heteroatoms. The van der Waals surface area contributed by atoms with Gasteiger partial charge in [0.2, 0.25) is 17.8 Å². The predicted octanol–water partition coefficient (Wildman–Crippen LogP) is -11.7. The molecule has 5 aromatic carbocycles. The van der Waals surface area contributed by atoms with Crippen molar-refractivity contribution in [3.8, 4) is 0 Å². The quantitative estimate of drug-likeness (QED) is 0.00425. The van der Waals surface area contributed by atoms with Crippen LogP contribution in [0.4, 0.5) is 69.0 Å². The molecule has 33 nitrogen and oxygen atoms in total. The fourth-order valence-electron chi connectivity index (χ4n) is 5.89. The molecule has 0 spiro atoms. The maximum absolute atomic E-state index is 12.9. The van der Waals surface area contributed by atoms with E-state index in [0.717, 1.165) is 12.1 Å². The summed E-state index contributed by atoms with van der Waals surface area (Å²) in [7, 11) is -18.3. The first kappa shape index (κ1) is 78.7. The minimum atomic E-state index is -5.41. The monoisotopic (exact) mass is 1320 g/mol. The number of hydrogen-bond donors (Lipinski definition) is 5. The summed E-state index contributed by atoms with van der Waals surface area (Å²) in [5.41, 5.74) is 9.65.